The van der Waals surface area contributed by atoms with E-state index >= 15 is 0 Å². The summed E-state index contributed by atoms with van der Waals surface area (Å²) in [6.45, 7) is -4.58. The molecule has 11 heteroatoms. The molecule has 0 aromatic carbocycles. The number of aromatic nitrogens is 3. The lowest BCUT2D eigenvalue weighted by Crippen LogP contribution is -2.44. The van der Waals surface area contributed by atoms with E-state index in [0.29, 0.717) is 0 Å². The molecule has 4 heterocycles. The Bertz CT molecular complexity index is 1310. The molecule has 0 N–H and O–H groups in total. The topological polar surface area (TPSA) is 63.6 Å². The third-order valence-corrected chi connectivity index (χ3v) is 7.02. The summed E-state index contributed by atoms with van der Waals surface area (Å²) in [5.74, 6) is -0.247. The van der Waals surface area contributed by atoms with Crippen molar-refractivity contribution in [2.75, 3.05) is 51.3 Å². The molecule has 0 spiro atoms. The Morgan fingerprint density at radius 1 is 1.44 bits per heavy atom. The Morgan fingerprint density at radius 3 is 3.06 bits per heavy atom. The fraction of sp³-hybridized carbons (Fsp3) is 0.609. The van der Waals surface area contributed by atoms with E-state index in [0.717, 1.165) is 4.90 Å². The maximum Gasteiger partial charge on any atom is 0.318 e. The molecular weight excluding hydrogens is 471 g/mol. The van der Waals surface area contributed by atoms with Crippen LogP contribution in [-0.4, -0.2) is 78.4 Å². The van der Waals surface area contributed by atoms with E-state index in [9.17, 15) is 13.2 Å². The quantitative estimate of drug-likeness (QED) is 0.575. The van der Waals surface area contributed by atoms with Crippen LogP contribution in [0, 0.1) is 11.3 Å². The highest BCUT2D eigenvalue weighted by atomic mass is 35.5. The summed E-state index contributed by atoms with van der Waals surface area (Å²) in [6.07, 6.45) is 0.376. The first kappa shape index (κ1) is 18.1. The van der Waals surface area contributed by atoms with Gasteiger partial charge in [-0.3, -0.25) is 0 Å². The van der Waals surface area contributed by atoms with E-state index in [-0.39, 0.29) is 78.6 Å². The summed E-state index contributed by atoms with van der Waals surface area (Å²) in [4.78, 5) is 15.4. The van der Waals surface area contributed by atoms with E-state index in [1.165, 1.54) is 13.1 Å². The standard InChI is InChI=1S/C23H27ClF3N5O2/c1-23(11-31(2)4-3-13(23)7-25)12-34-22-29-18-14(8-26)20(24)28-9-15(18)21(30-22)32-5-6-33-10-16-17(27)19(16)32/h7,9,16-17,19H,3-6,8,10-12H2,1-2H3/b13-7+/t16-,17-,19-,23-/m0/s1/i2D3,12D2. The molecule has 3 aliphatic rings. The minimum Gasteiger partial charge on any atom is -0.462 e. The van der Waals surface area contributed by atoms with Crippen molar-refractivity contribution in [3.8, 4) is 6.01 Å². The van der Waals surface area contributed by atoms with E-state index in [1.807, 2.05) is 0 Å². The second kappa shape index (κ2) is 9.13. The fourth-order valence-corrected chi connectivity index (χ4v) is 4.87. The Hall–Kier alpha value is -2.17. The lowest BCUT2D eigenvalue weighted by atomic mass is 9.78. The molecule has 3 fully saturated rings. The molecule has 7 nitrogen and oxygen atoms in total. The number of halogens is 4. The number of fused-ring (bicyclic) bond motifs is 2. The Morgan fingerprint density at radius 2 is 2.29 bits per heavy atom. The first-order chi connectivity index (χ1) is 18.3. The monoisotopic (exact) mass is 502 g/mol. The van der Waals surface area contributed by atoms with Crippen molar-refractivity contribution in [2.24, 2.45) is 11.3 Å². The molecule has 0 amide bonds. The highest BCUT2D eigenvalue weighted by Gasteiger charge is 2.56. The number of rotatable bonds is 5. The largest absolute Gasteiger partial charge is 0.462 e. The lowest BCUT2D eigenvalue weighted by molar-refractivity contribution is 0.109. The zero-order valence-corrected chi connectivity index (χ0v) is 19.2. The third-order valence-electron chi connectivity index (χ3n) is 6.70. The molecule has 5 rings (SSSR count). The van der Waals surface area contributed by atoms with Crippen LogP contribution in [0.1, 0.15) is 25.8 Å². The molecule has 0 unspecified atom stereocenters. The van der Waals surface area contributed by atoms with Crippen LogP contribution < -0.4 is 9.64 Å². The molecule has 2 saturated heterocycles. The van der Waals surface area contributed by atoms with Crippen LogP contribution in [0.5, 0.6) is 6.01 Å². The van der Waals surface area contributed by atoms with Crippen molar-refractivity contribution < 1.29 is 29.5 Å². The van der Waals surface area contributed by atoms with E-state index in [1.54, 1.807) is 4.90 Å². The minimum absolute atomic E-state index is 0.00386. The molecule has 1 aliphatic carbocycles. The van der Waals surface area contributed by atoms with Gasteiger partial charge in [-0.15, -0.1) is 0 Å². The van der Waals surface area contributed by atoms with Gasteiger partial charge in [0.2, 0.25) is 0 Å². The first-order valence-corrected chi connectivity index (χ1v) is 11.3. The Kier molecular flexibility index (Phi) is 4.87. The number of hydrogen-bond donors (Lipinski definition) is 0. The average molecular weight is 503 g/mol. The third kappa shape index (κ3) is 4.09. The molecule has 0 bridgehead atoms. The van der Waals surface area contributed by atoms with E-state index < -0.39 is 49.8 Å². The van der Waals surface area contributed by atoms with Gasteiger partial charge in [-0.1, -0.05) is 18.5 Å². The van der Waals surface area contributed by atoms with Crippen molar-refractivity contribution >= 4 is 28.3 Å². The van der Waals surface area contributed by atoms with Crippen molar-refractivity contribution in [1.82, 2.24) is 19.9 Å². The lowest BCUT2D eigenvalue weighted by Gasteiger charge is -2.40. The maximum atomic E-state index is 14.6. The summed E-state index contributed by atoms with van der Waals surface area (Å²) < 4.78 is 94.8. The maximum absolute atomic E-state index is 14.6. The van der Waals surface area contributed by atoms with Gasteiger partial charge in [0, 0.05) is 46.8 Å². The number of nitrogens with zero attached hydrogens (tertiary/aromatic N) is 5. The average Bonchev–Trinajstić information content (AvgIpc) is 3.56. The summed E-state index contributed by atoms with van der Waals surface area (Å²) in [7, 11) is 0. The summed E-state index contributed by atoms with van der Waals surface area (Å²) >= 11 is 6.13. The van der Waals surface area contributed by atoms with Crippen molar-refractivity contribution in [2.45, 2.75) is 32.2 Å². The normalized spacial score (nSPS) is 33.9. The Labute approximate surface area is 207 Å². The zero-order valence-electron chi connectivity index (χ0n) is 23.4. The van der Waals surface area contributed by atoms with Crippen LogP contribution in [0.15, 0.2) is 18.1 Å². The van der Waals surface area contributed by atoms with Crippen LogP contribution in [0.3, 0.4) is 0 Å². The molecule has 184 valence electrons. The summed E-state index contributed by atoms with van der Waals surface area (Å²) in [5, 5.41) is 0.104. The molecule has 1 saturated carbocycles. The number of hydrogen-bond acceptors (Lipinski definition) is 7. The van der Waals surface area contributed by atoms with E-state index in [2.05, 4.69) is 15.0 Å². The predicted molar refractivity (Wildman–Crippen MR) is 122 cm³/mol. The number of alkyl halides is 2. The van der Waals surface area contributed by atoms with Gasteiger partial charge in [0.15, 0.2) is 0 Å². The van der Waals surface area contributed by atoms with Crippen LogP contribution in [0.25, 0.3) is 10.9 Å². The zero-order chi connectivity index (χ0) is 28.3. The number of pyridine rings is 1. The van der Waals surface area contributed by atoms with E-state index in [4.69, 9.17) is 27.9 Å². The molecule has 2 aliphatic heterocycles. The number of ether oxygens (including phenoxy) is 2. The molecular formula is C23H27ClF3N5O2. The summed E-state index contributed by atoms with van der Waals surface area (Å²) in [5.41, 5.74) is -1.81. The SMILES string of the molecule is [2H]C([2H])([2H])N1CC/C(=C\F)[C@](C)(C([2H])([2H])Oc2nc(N3CCOC[C@H]4[C@H](F)[C@H]43)c3cnc(Cl)c(CF)c3n2)C1. The van der Waals surface area contributed by atoms with Gasteiger partial charge >= 0.3 is 6.01 Å². The van der Waals surface area contributed by atoms with Gasteiger partial charge in [-0.25, -0.2) is 18.2 Å². The number of anilines is 1. The van der Waals surface area contributed by atoms with Gasteiger partial charge in [0.05, 0.1) is 39.2 Å². The van der Waals surface area contributed by atoms with Crippen molar-refractivity contribution in [3.05, 3.63) is 28.8 Å². The highest BCUT2D eigenvalue weighted by molar-refractivity contribution is 6.31. The van der Waals surface area contributed by atoms with Gasteiger partial charge in [-0.2, -0.15) is 9.97 Å². The summed E-state index contributed by atoms with van der Waals surface area (Å²) in [6, 6.07) is -1.09. The first-order valence-electron chi connectivity index (χ1n) is 13.5. The molecule has 2 aromatic rings. The van der Waals surface area contributed by atoms with Gasteiger partial charge in [0.1, 0.15) is 30.4 Å². The molecule has 4 atom stereocenters. The van der Waals surface area contributed by atoms with Crippen molar-refractivity contribution in [3.63, 3.8) is 0 Å². The van der Waals surface area contributed by atoms with Crippen LogP contribution in [0.2, 0.25) is 5.15 Å². The second-order valence-electron chi connectivity index (χ2n) is 8.96. The van der Waals surface area contributed by atoms with Gasteiger partial charge < -0.3 is 19.3 Å². The second-order valence-corrected chi connectivity index (χ2v) is 9.32. The van der Waals surface area contributed by atoms with Crippen LogP contribution in [-0.2, 0) is 11.4 Å². The highest BCUT2D eigenvalue weighted by Crippen LogP contribution is 2.45. The molecule has 34 heavy (non-hydrogen) atoms. The van der Waals surface area contributed by atoms with Gasteiger partial charge in [0.25, 0.3) is 0 Å². The minimum atomic E-state index is -2.72. The van der Waals surface area contributed by atoms with Crippen LogP contribution >= 0.6 is 11.6 Å². The molecule has 2 aromatic heterocycles. The number of piperidine rings is 1. The molecule has 0 radical (unpaired) electrons. The van der Waals surface area contributed by atoms with Crippen molar-refractivity contribution in [1.29, 1.82) is 0 Å². The van der Waals surface area contributed by atoms with Crippen LogP contribution in [0.4, 0.5) is 19.0 Å². The van der Waals surface area contributed by atoms with Gasteiger partial charge in [-0.05, 0) is 19.0 Å². The fourth-order valence-electron chi connectivity index (χ4n) is 4.68. The predicted octanol–water partition coefficient (Wildman–Crippen LogP) is 3.89. The number of likely N-dealkylation sites (tertiary alicyclic amines) is 1. The smallest absolute Gasteiger partial charge is 0.318 e. The Balaban J connectivity index is 1.60.